The van der Waals surface area contributed by atoms with Crippen molar-refractivity contribution < 1.29 is 4.79 Å². The van der Waals surface area contributed by atoms with E-state index < -0.39 is 5.41 Å². The molecule has 0 saturated heterocycles. The summed E-state index contributed by atoms with van der Waals surface area (Å²) in [7, 11) is 0. The van der Waals surface area contributed by atoms with Gasteiger partial charge in [0.25, 0.3) is 0 Å². The van der Waals surface area contributed by atoms with Crippen LogP contribution in [-0.2, 0) is 11.2 Å². The van der Waals surface area contributed by atoms with E-state index in [2.05, 4.69) is 25.9 Å². The standard InChI is InChI=1S/C22H21ClN6OS/c1-22(2,3)20(30)28-17-7-5-14(11-24-17)26-21-25-10-12-8-18(31)27-16-9-13(23)4-6-15(16)19(12)29-21/h4-7,9-11H,8H2,1-3H3,(H,27,31)(H,24,28,30)(H,25,26,29). The Balaban J connectivity index is 1.58. The van der Waals surface area contributed by atoms with E-state index >= 15 is 0 Å². The lowest BCUT2D eigenvalue weighted by Gasteiger charge is -2.17. The number of nitrogens with zero attached hydrogens (tertiary/aromatic N) is 3. The minimum absolute atomic E-state index is 0.0971. The summed E-state index contributed by atoms with van der Waals surface area (Å²) in [4.78, 5) is 26.2. The second kappa shape index (κ2) is 8.20. The Hall–Kier alpha value is -3.10. The topological polar surface area (TPSA) is 91.8 Å². The van der Waals surface area contributed by atoms with Crippen LogP contribution in [0, 0.1) is 5.41 Å². The monoisotopic (exact) mass is 452 g/mol. The van der Waals surface area contributed by atoms with Crippen molar-refractivity contribution in [2.45, 2.75) is 27.2 Å². The first-order valence-corrected chi connectivity index (χ1v) is 10.5. The molecule has 0 saturated carbocycles. The lowest BCUT2D eigenvalue weighted by molar-refractivity contribution is -0.123. The predicted molar refractivity (Wildman–Crippen MR) is 128 cm³/mol. The molecule has 0 atom stereocenters. The Morgan fingerprint density at radius 1 is 1.16 bits per heavy atom. The fraction of sp³-hybridized carbons (Fsp3) is 0.227. The number of fused-ring (bicyclic) bond motifs is 3. The van der Waals surface area contributed by atoms with Gasteiger partial charge in [-0.15, -0.1) is 0 Å². The highest BCUT2D eigenvalue weighted by Gasteiger charge is 2.22. The molecule has 0 aliphatic carbocycles. The number of benzene rings is 1. The van der Waals surface area contributed by atoms with Crippen LogP contribution in [0.1, 0.15) is 26.3 Å². The van der Waals surface area contributed by atoms with Gasteiger partial charge in [0.1, 0.15) is 5.82 Å². The Morgan fingerprint density at radius 3 is 2.68 bits per heavy atom. The van der Waals surface area contributed by atoms with Gasteiger partial charge < -0.3 is 16.0 Å². The van der Waals surface area contributed by atoms with E-state index in [4.69, 9.17) is 28.8 Å². The Morgan fingerprint density at radius 2 is 1.97 bits per heavy atom. The summed E-state index contributed by atoms with van der Waals surface area (Å²) >= 11 is 11.6. The molecule has 0 bridgehead atoms. The van der Waals surface area contributed by atoms with Gasteiger partial charge in [0, 0.05) is 39.9 Å². The molecule has 1 aromatic carbocycles. The van der Waals surface area contributed by atoms with Crippen LogP contribution in [0.4, 0.5) is 23.1 Å². The van der Waals surface area contributed by atoms with E-state index in [0.29, 0.717) is 33.9 Å². The Labute approximate surface area is 190 Å². The molecule has 4 rings (SSSR count). The molecule has 0 radical (unpaired) electrons. The molecule has 1 aliphatic heterocycles. The summed E-state index contributed by atoms with van der Waals surface area (Å²) < 4.78 is 0. The molecule has 3 N–H and O–H groups in total. The fourth-order valence-corrected chi connectivity index (χ4v) is 3.44. The Bertz CT molecular complexity index is 1170. The molecule has 158 valence electrons. The zero-order valence-electron chi connectivity index (χ0n) is 17.3. The van der Waals surface area contributed by atoms with Gasteiger partial charge in [-0.25, -0.2) is 15.0 Å². The maximum atomic E-state index is 12.1. The molecule has 3 aromatic rings. The lowest BCUT2D eigenvalue weighted by Crippen LogP contribution is -2.27. The average molecular weight is 453 g/mol. The molecule has 3 heterocycles. The van der Waals surface area contributed by atoms with E-state index in [1.807, 2.05) is 45.0 Å². The summed E-state index contributed by atoms with van der Waals surface area (Å²) in [6, 6.07) is 9.12. The third-order valence-electron chi connectivity index (χ3n) is 4.67. The van der Waals surface area contributed by atoms with Gasteiger partial charge in [-0.3, -0.25) is 4.79 Å². The summed E-state index contributed by atoms with van der Waals surface area (Å²) in [5.41, 5.74) is 3.66. The molecule has 0 fully saturated rings. The van der Waals surface area contributed by atoms with Gasteiger partial charge in [-0.2, -0.15) is 0 Å². The zero-order valence-corrected chi connectivity index (χ0v) is 18.9. The van der Waals surface area contributed by atoms with Crippen molar-refractivity contribution in [2.24, 2.45) is 5.41 Å². The SMILES string of the molecule is CC(C)(C)C(=O)Nc1ccc(Nc2ncc3c(n2)-c2ccc(Cl)cc2NC(=S)C3)cn1. The summed E-state index contributed by atoms with van der Waals surface area (Å²) in [5, 5.41) is 9.81. The number of nitrogens with one attached hydrogen (secondary N) is 3. The number of anilines is 4. The quantitative estimate of drug-likeness (QED) is 0.469. The normalized spacial score (nSPS) is 12.8. The number of hydrogen-bond acceptors (Lipinski definition) is 6. The first-order chi connectivity index (χ1) is 14.7. The molecule has 1 aliphatic rings. The van der Waals surface area contributed by atoms with Crippen molar-refractivity contribution in [3.8, 4) is 11.3 Å². The molecule has 31 heavy (non-hydrogen) atoms. The van der Waals surface area contributed by atoms with Crippen LogP contribution in [0.2, 0.25) is 5.02 Å². The van der Waals surface area contributed by atoms with Gasteiger partial charge >= 0.3 is 0 Å². The lowest BCUT2D eigenvalue weighted by atomic mass is 9.96. The maximum absolute atomic E-state index is 12.1. The largest absolute Gasteiger partial charge is 0.349 e. The van der Waals surface area contributed by atoms with E-state index in [9.17, 15) is 4.79 Å². The number of aromatic nitrogens is 3. The van der Waals surface area contributed by atoms with Crippen LogP contribution in [-0.4, -0.2) is 25.8 Å². The second-order valence-corrected chi connectivity index (χ2v) is 9.17. The van der Waals surface area contributed by atoms with Gasteiger partial charge in [0.05, 0.1) is 22.6 Å². The number of thiocarbonyl (C=S) groups is 1. The number of amides is 1. The first kappa shape index (κ1) is 21.1. The van der Waals surface area contributed by atoms with Crippen molar-refractivity contribution in [3.05, 3.63) is 53.3 Å². The Kier molecular flexibility index (Phi) is 5.60. The summed E-state index contributed by atoms with van der Waals surface area (Å²) in [5.74, 6) is 0.819. The first-order valence-electron chi connectivity index (χ1n) is 9.69. The van der Waals surface area contributed by atoms with Crippen LogP contribution < -0.4 is 16.0 Å². The van der Waals surface area contributed by atoms with E-state index in [0.717, 1.165) is 22.5 Å². The highest BCUT2D eigenvalue weighted by molar-refractivity contribution is 7.80. The van der Waals surface area contributed by atoms with Crippen molar-refractivity contribution in [1.29, 1.82) is 0 Å². The number of rotatable bonds is 3. The van der Waals surface area contributed by atoms with Crippen molar-refractivity contribution in [1.82, 2.24) is 15.0 Å². The van der Waals surface area contributed by atoms with Crippen LogP contribution in [0.3, 0.4) is 0 Å². The molecular formula is C22H21ClN6OS. The van der Waals surface area contributed by atoms with E-state index in [1.165, 1.54) is 0 Å². The third-order valence-corrected chi connectivity index (χ3v) is 5.15. The number of carbonyl (C=O) groups is 1. The number of pyridine rings is 1. The third kappa shape index (κ3) is 4.81. The van der Waals surface area contributed by atoms with Crippen LogP contribution in [0.25, 0.3) is 11.3 Å². The molecular weight excluding hydrogens is 432 g/mol. The minimum atomic E-state index is -0.494. The number of hydrogen-bond donors (Lipinski definition) is 3. The molecule has 7 nitrogen and oxygen atoms in total. The van der Waals surface area contributed by atoms with Crippen molar-refractivity contribution in [2.75, 3.05) is 16.0 Å². The average Bonchev–Trinajstić information content (AvgIpc) is 2.83. The van der Waals surface area contributed by atoms with Crippen LogP contribution >= 0.6 is 23.8 Å². The maximum Gasteiger partial charge on any atom is 0.230 e. The molecule has 9 heteroatoms. The molecule has 0 unspecified atom stereocenters. The summed E-state index contributed by atoms with van der Waals surface area (Å²) in [6.07, 6.45) is 3.94. The van der Waals surface area contributed by atoms with E-state index in [1.54, 1.807) is 18.5 Å². The minimum Gasteiger partial charge on any atom is -0.349 e. The predicted octanol–water partition coefficient (Wildman–Crippen LogP) is 5.22. The van der Waals surface area contributed by atoms with Crippen LogP contribution in [0.15, 0.2) is 42.7 Å². The zero-order chi connectivity index (χ0) is 22.2. The number of halogens is 1. The summed E-state index contributed by atoms with van der Waals surface area (Å²) in [6.45, 7) is 5.55. The molecule has 0 spiro atoms. The number of carbonyl (C=O) groups excluding carboxylic acids is 1. The van der Waals surface area contributed by atoms with Gasteiger partial charge in [-0.1, -0.05) is 44.6 Å². The smallest absolute Gasteiger partial charge is 0.230 e. The molecule has 2 aromatic heterocycles. The fourth-order valence-electron chi connectivity index (χ4n) is 3.00. The molecule has 1 amide bonds. The second-order valence-electron chi connectivity index (χ2n) is 8.24. The van der Waals surface area contributed by atoms with E-state index in [-0.39, 0.29) is 5.91 Å². The van der Waals surface area contributed by atoms with Gasteiger partial charge in [0.15, 0.2) is 0 Å². The van der Waals surface area contributed by atoms with Crippen LogP contribution in [0.5, 0.6) is 0 Å². The van der Waals surface area contributed by atoms with Crippen molar-refractivity contribution >= 4 is 57.9 Å². The van der Waals surface area contributed by atoms with Gasteiger partial charge in [-0.05, 0) is 30.3 Å². The van der Waals surface area contributed by atoms with Crippen molar-refractivity contribution in [3.63, 3.8) is 0 Å². The highest BCUT2D eigenvalue weighted by atomic mass is 35.5. The van der Waals surface area contributed by atoms with Gasteiger partial charge in [0.2, 0.25) is 11.9 Å². The highest BCUT2D eigenvalue weighted by Crippen LogP contribution is 2.35.